The van der Waals surface area contributed by atoms with Crippen LogP contribution in [0.15, 0.2) is 29.3 Å². The van der Waals surface area contributed by atoms with Crippen LogP contribution in [-0.4, -0.2) is 61.7 Å². The van der Waals surface area contributed by atoms with Gasteiger partial charge in [-0.3, -0.25) is 9.89 Å². The molecule has 2 heterocycles. The Bertz CT molecular complexity index is 558. The number of nitrogens with zero attached hydrogens (tertiary/aromatic N) is 3. The minimum absolute atomic E-state index is 0.414. The highest BCUT2D eigenvalue weighted by atomic mass is 16.5. The molecule has 5 heteroatoms. The maximum Gasteiger partial charge on any atom is 0.193 e. The van der Waals surface area contributed by atoms with E-state index in [0.717, 1.165) is 51.6 Å². The summed E-state index contributed by atoms with van der Waals surface area (Å²) in [6, 6.07) is 9.03. The number of hydrogen-bond donors (Lipinski definition) is 1. The average Bonchev–Trinajstić information content (AvgIpc) is 3.18. The van der Waals surface area contributed by atoms with Gasteiger partial charge in [0.1, 0.15) is 0 Å². The first-order chi connectivity index (χ1) is 12.8. The van der Waals surface area contributed by atoms with Gasteiger partial charge in [0.2, 0.25) is 0 Å². The van der Waals surface area contributed by atoms with Crippen LogP contribution in [0.3, 0.4) is 0 Å². The summed E-state index contributed by atoms with van der Waals surface area (Å²) in [7, 11) is 1.87. The van der Waals surface area contributed by atoms with Crippen LogP contribution >= 0.6 is 0 Å². The predicted molar refractivity (Wildman–Crippen MR) is 107 cm³/mol. The SMILES string of the molecule is CCOC1CCN(C(=NC)NCc2ccc(CN3CCCC3)cc2)CC1. The van der Waals surface area contributed by atoms with Crippen LogP contribution in [0.2, 0.25) is 0 Å². The largest absolute Gasteiger partial charge is 0.378 e. The van der Waals surface area contributed by atoms with Gasteiger partial charge < -0.3 is 15.0 Å². The third-order valence-electron chi connectivity index (χ3n) is 5.43. The van der Waals surface area contributed by atoms with Crippen LogP contribution in [0.1, 0.15) is 43.7 Å². The summed E-state index contributed by atoms with van der Waals surface area (Å²) in [5.41, 5.74) is 2.72. The molecule has 2 saturated heterocycles. The van der Waals surface area contributed by atoms with Crippen molar-refractivity contribution in [3.63, 3.8) is 0 Å². The zero-order valence-corrected chi connectivity index (χ0v) is 16.4. The molecule has 2 aliphatic rings. The summed E-state index contributed by atoms with van der Waals surface area (Å²) in [5.74, 6) is 1.00. The molecule has 0 saturated carbocycles. The molecule has 0 amide bonds. The second-order valence-corrected chi connectivity index (χ2v) is 7.34. The molecular formula is C21H34N4O. The Labute approximate surface area is 158 Å². The zero-order valence-electron chi connectivity index (χ0n) is 16.4. The summed E-state index contributed by atoms with van der Waals surface area (Å²) >= 11 is 0. The molecule has 0 radical (unpaired) electrons. The Morgan fingerprint density at radius 2 is 1.73 bits per heavy atom. The number of hydrogen-bond acceptors (Lipinski definition) is 3. The maximum absolute atomic E-state index is 5.74. The summed E-state index contributed by atoms with van der Waals surface area (Å²) in [4.78, 5) is 9.35. The van der Waals surface area contributed by atoms with Gasteiger partial charge in [0, 0.05) is 39.8 Å². The van der Waals surface area contributed by atoms with Crippen molar-refractivity contribution in [2.75, 3.05) is 39.8 Å². The fraction of sp³-hybridized carbons (Fsp3) is 0.667. The molecule has 0 bridgehead atoms. The molecule has 2 fully saturated rings. The molecule has 0 atom stereocenters. The first-order valence-corrected chi connectivity index (χ1v) is 10.2. The standard InChI is InChI=1S/C21H34N4O/c1-3-26-20-10-14-25(15-11-20)21(22-2)23-16-18-6-8-19(9-7-18)17-24-12-4-5-13-24/h6-9,20H,3-5,10-17H2,1-2H3,(H,22,23). The molecular weight excluding hydrogens is 324 g/mol. The van der Waals surface area contributed by atoms with E-state index < -0.39 is 0 Å². The number of aliphatic imine (C=N–C) groups is 1. The third kappa shape index (κ3) is 5.45. The van der Waals surface area contributed by atoms with Crippen molar-refractivity contribution >= 4 is 5.96 Å². The number of nitrogens with one attached hydrogen (secondary N) is 1. The lowest BCUT2D eigenvalue weighted by atomic mass is 10.1. The topological polar surface area (TPSA) is 40.1 Å². The Hall–Kier alpha value is -1.59. The molecule has 0 spiro atoms. The average molecular weight is 359 g/mol. The lowest BCUT2D eigenvalue weighted by Crippen LogP contribution is -2.46. The summed E-state index contributed by atoms with van der Waals surface area (Å²) in [5, 5.41) is 3.52. The van der Waals surface area contributed by atoms with Gasteiger partial charge >= 0.3 is 0 Å². The lowest BCUT2D eigenvalue weighted by molar-refractivity contribution is 0.0263. The minimum Gasteiger partial charge on any atom is -0.378 e. The zero-order chi connectivity index (χ0) is 18.2. The molecule has 2 aliphatic heterocycles. The highest BCUT2D eigenvalue weighted by molar-refractivity contribution is 5.79. The molecule has 0 aromatic heterocycles. The minimum atomic E-state index is 0.414. The van der Waals surface area contributed by atoms with E-state index in [4.69, 9.17) is 4.74 Å². The number of likely N-dealkylation sites (tertiary alicyclic amines) is 2. The monoisotopic (exact) mass is 358 g/mol. The van der Waals surface area contributed by atoms with E-state index in [1.54, 1.807) is 0 Å². The van der Waals surface area contributed by atoms with Crippen LogP contribution in [0.25, 0.3) is 0 Å². The molecule has 0 unspecified atom stereocenters. The van der Waals surface area contributed by atoms with Crippen molar-refractivity contribution in [3.05, 3.63) is 35.4 Å². The van der Waals surface area contributed by atoms with Crippen molar-refractivity contribution < 1.29 is 4.74 Å². The second-order valence-electron chi connectivity index (χ2n) is 7.34. The fourth-order valence-corrected chi connectivity index (χ4v) is 3.94. The van der Waals surface area contributed by atoms with Gasteiger partial charge in [-0.1, -0.05) is 24.3 Å². The van der Waals surface area contributed by atoms with Gasteiger partial charge in [-0.05, 0) is 56.8 Å². The Balaban J connectivity index is 1.45. The maximum atomic E-state index is 5.74. The van der Waals surface area contributed by atoms with Crippen molar-refractivity contribution in [2.24, 2.45) is 4.99 Å². The number of ether oxygens (including phenoxy) is 1. The van der Waals surface area contributed by atoms with E-state index >= 15 is 0 Å². The molecule has 1 aromatic carbocycles. The summed E-state index contributed by atoms with van der Waals surface area (Å²) in [6.07, 6.45) is 5.28. The van der Waals surface area contributed by atoms with E-state index in [1.807, 2.05) is 7.05 Å². The molecule has 5 nitrogen and oxygen atoms in total. The highest BCUT2D eigenvalue weighted by Crippen LogP contribution is 2.15. The Morgan fingerprint density at radius 1 is 1.08 bits per heavy atom. The van der Waals surface area contributed by atoms with Crippen LogP contribution in [0.4, 0.5) is 0 Å². The molecule has 0 aliphatic carbocycles. The van der Waals surface area contributed by atoms with Gasteiger partial charge in [-0.25, -0.2) is 0 Å². The quantitative estimate of drug-likeness (QED) is 0.627. The summed E-state index contributed by atoms with van der Waals surface area (Å²) in [6.45, 7) is 9.32. The van der Waals surface area contributed by atoms with E-state index in [9.17, 15) is 0 Å². The third-order valence-corrected chi connectivity index (χ3v) is 5.43. The molecule has 1 N–H and O–H groups in total. The van der Waals surface area contributed by atoms with Gasteiger partial charge in [0.25, 0.3) is 0 Å². The van der Waals surface area contributed by atoms with Gasteiger partial charge in [0.15, 0.2) is 5.96 Å². The fourth-order valence-electron chi connectivity index (χ4n) is 3.94. The van der Waals surface area contributed by atoms with Crippen LogP contribution in [-0.2, 0) is 17.8 Å². The number of rotatable bonds is 6. The van der Waals surface area contributed by atoms with E-state index in [-0.39, 0.29) is 0 Å². The van der Waals surface area contributed by atoms with Gasteiger partial charge in [-0.15, -0.1) is 0 Å². The van der Waals surface area contributed by atoms with Crippen LogP contribution in [0.5, 0.6) is 0 Å². The van der Waals surface area contributed by atoms with Crippen LogP contribution < -0.4 is 5.32 Å². The molecule has 3 rings (SSSR count). The first kappa shape index (κ1) is 19.2. The van der Waals surface area contributed by atoms with Crippen LogP contribution in [0, 0.1) is 0 Å². The van der Waals surface area contributed by atoms with E-state index in [0.29, 0.717) is 6.10 Å². The number of guanidine groups is 1. The van der Waals surface area contributed by atoms with Crippen molar-refractivity contribution in [1.82, 2.24) is 15.1 Å². The first-order valence-electron chi connectivity index (χ1n) is 10.2. The molecule has 1 aromatic rings. The molecule has 26 heavy (non-hydrogen) atoms. The smallest absolute Gasteiger partial charge is 0.193 e. The van der Waals surface area contributed by atoms with Gasteiger partial charge in [0.05, 0.1) is 6.10 Å². The molecule has 144 valence electrons. The lowest BCUT2D eigenvalue weighted by Gasteiger charge is -2.34. The van der Waals surface area contributed by atoms with Crippen molar-refractivity contribution in [1.29, 1.82) is 0 Å². The van der Waals surface area contributed by atoms with E-state index in [1.165, 1.54) is 37.1 Å². The Morgan fingerprint density at radius 3 is 2.35 bits per heavy atom. The Kier molecular flexibility index (Phi) is 7.32. The van der Waals surface area contributed by atoms with Gasteiger partial charge in [-0.2, -0.15) is 0 Å². The number of benzene rings is 1. The normalized spacial score (nSPS) is 19.9. The summed E-state index contributed by atoms with van der Waals surface area (Å²) < 4.78 is 5.74. The predicted octanol–water partition coefficient (Wildman–Crippen LogP) is 2.86. The van der Waals surface area contributed by atoms with Crippen molar-refractivity contribution in [2.45, 2.75) is 51.8 Å². The van der Waals surface area contributed by atoms with E-state index in [2.05, 4.69) is 51.3 Å². The van der Waals surface area contributed by atoms with Crippen molar-refractivity contribution in [3.8, 4) is 0 Å². The second kappa shape index (κ2) is 9.93. The number of piperidine rings is 1. The highest BCUT2D eigenvalue weighted by Gasteiger charge is 2.21.